The Kier molecular flexibility index (Phi) is 5.59. The Morgan fingerprint density at radius 1 is 1.47 bits per heavy atom. The number of methoxy groups -OCH3 is 1. The second-order valence-corrected chi connectivity index (χ2v) is 3.73. The third kappa shape index (κ3) is 4.13. The van der Waals surface area contributed by atoms with Gasteiger partial charge in [0.25, 0.3) is 0 Å². The molecule has 0 bridgehead atoms. The quantitative estimate of drug-likeness (QED) is 0.486. The number of carbonyl (C=O) groups is 1. The van der Waals surface area contributed by atoms with Gasteiger partial charge in [-0.15, -0.1) is 0 Å². The van der Waals surface area contributed by atoms with Gasteiger partial charge in [-0.3, -0.25) is 15.4 Å². The summed E-state index contributed by atoms with van der Waals surface area (Å²) in [6.45, 7) is 2.24. The van der Waals surface area contributed by atoms with Gasteiger partial charge in [0.15, 0.2) is 5.75 Å². The Labute approximate surface area is 110 Å². The van der Waals surface area contributed by atoms with Crippen LogP contribution in [0.3, 0.4) is 0 Å². The minimum absolute atomic E-state index is 0.0471. The molecule has 0 radical (unpaired) electrons. The number of nitrogens with one attached hydrogen (secondary N) is 1. The molecule has 7 nitrogen and oxygen atoms in total. The zero-order valence-electron chi connectivity index (χ0n) is 10.8. The number of benzene rings is 1. The summed E-state index contributed by atoms with van der Waals surface area (Å²) < 4.78 is 9.77. The minimum atomic E-state index is -0.718. The van der Waals surface area contributed by atoms with Gasteiger partial charge in [-0.05, 0) is 18.6 Å². The highest BCUT2D eigenvalue weighted by Crippen LogP contribution is 2.34. The lowest BCUT2D eigenvalue weighted by Crippen LogP contribution is -2.15. The standard InChI is InChI=1S/C12H16N2O5/c1-3-4-8-19-12(15)13-9-6-5-7-10(18-2)11(9)14(16)17/h5-7H,3-4,8H2,1-2H3,(H,13,15). The van der Waals surface area contributed by atoms with Crippen LogP contribution in [0.25, 0.3) is 0 Å². The van der Waals surface area contributed by atoms with Crippen molar-refractivity contribution in [3.8, 4) is 5.75 Å². The fourth-order valence-corrected chi connectivity index (χ4v) is 1.43. The summed E-state index contributed by atoms with van der Waals surface area (Å²) in [6, 6.07) is 4.42. The molecule has 0 aliphatic rings. The second kappa shape index (κ2) is 7.20. The Hall–Kier alpha value is -2.31. The normalized spacial score (nSPS) is 9.79. The number of nitro groups is 1. The number of ether oxygens (including phenoxy) is 2. The summed E-state index contributed by atoms with van der Waals surface area (Å²) in [5.41, 5.74) is -0.247. The fourth-order valence-electron chi connectivity index (χ4n) is 1.43. The number of hydrogen-bond acceptors (Lipinski definition) is 5. The first-order valence-electron chi connectivity index (χ1n) is 5.85. The van der Waals surface area contributed by atoms with Crippen LogP contribution in [0.15, 0.2) is 18.2 Å². The zero-order chi connectivity index (χ0) is 14.3. The molecule has 0 saturated heterocycles. The van der Waals surface area contributed by atoms with E-state index in [4.69, 9.17) is 9.47 Å². The maximum atomic E-state index is 11.5. The van der Waals surface area contributed by atoms with Crippen molar-refractivity contribution in [3.63, 3.8) is 0 Å². The molecule has 1 N–H and O–H groups in total. The predicted molar refractivity (Wildman–Crippen MR) is 69.5 cm³/mol. The maximum absolute atomic E-state index is 11.5. The molecule has 0 heterocycles. The molecule has 1 rings (SSSR count). The summed E-state index contributed by atoms with van der Waals surface area (Å²) in [7, 11) is 1.33. The number of nitro benzene ring substituents is 1. The van der Waals surface area contributed by atoms with E-state index in [0.717, 1.165) is 12.8 Å². The molecule has 1 aromatic rings. The topological polar surface area (TPSA) is 90.7 Å². The third-order valence-corrected chi connectivity index (χ3v) is 2.37. The first-order chi connectivity index (χ1) is 9.10. The van der Waals surface area contributed by atoms with E-state index in [0.29, 0.717) is 0 Å². The Morgan fingerprint density at radius 2 is 2.21 bits per heavy atom. The number of hydrogen-bond donors (Lipinski definition) is 1. The number of anilines is 1. The first kappa shape index (κ1) is 14.7. The summed E-state index contributed by atoms with van der Waals surface area (Å²) in [5, 5.41) is 13.3. The molecular weight excluding hydrogens is 252 g/mol. The van der Waals surface area contributed by atoms with E-state index in [1.807, 2.05) is 6.92 Å². The van der Waals surface area contributed by atoms with E-state index in [-0.39, 0.29) is 23.7 Å². The average Bonchev–Trinajstić information content (AvgIpc) is 2.38. The van der Waals surface area contributed by atoms with E-state index in [2.05, 4.69) is 5.32 Å². The monoisotopic (exact) mass is 268 g/mol. The fraction of sp³-hybridized carbons (Fsp3) is 0.417. The van der Waals surface area contributed by atoms with Crippen LogP contribution in [-0.4, -0.2) is 24.7 Å². The van der Waals surface area contributed by atoms with Crippen molar-refractivity contribution < 1.29 is 19.2 Å². The average molecular weight is 268 g/mol. The zero-order valence-corrected chi connectivity index (χ0v) is 10.8. The number of rotatable bonds is 6. The lowest BCUT2D eigenvalue weighted by molar-refractivity contribution is -0.384. The van der Waals surface area contributed by atoms with Crippen LogP contribution in [0.2, 0.25) is 0 Å². The van der Waals surface area contributed by atoms with Crippen LogP contribution in [0, 0.1) is 10.1 Å². The second-order valence-electron chi connectivity index (χ2n) is 3.73. The van der Waals surface area contributed by atoms with Crippen molar-refractivity contribution in [2.45, 2.75) is 19.8 Å². The Bertz CT molecular complexity index is 461. The number of unbranched alkanes of at least 4 members (excludes halogenated alkanes) is 1. The maximum Gasteiger partial charge on any atom is 0.411 e. The van der Waals surface area contributed by atoms with Crippen LogP contribution in [0.1, 0.15) is 19.8 Å². The third-order valence-electron chi connectivity index (χ3n) is 2.37. The SMILES string of the molecule is CCCCOC(=O)Nc1cccc(OC)c1[N+](=O)[O-]. The summed E-state index contributed by atoms with van der Waals surface area (Å²) in [4.78, 5) is 21.8. The van der Waals surface area contributed by atoms with E-state index in [9.17, 15) is 14.9 Å². The van der Waals surface area contributed by atoms with Crippen LogP contribution in [0.4, 0.5) is 16.2 Å². The molecule has 0 spiro atoms. The number of para-hydroxylation sites is 1. The van der Waals surface area contributed by atoms with Crippen molar-refractivity contribution in [1.29, 1.82) is 0 Å². The highest BCUT2D eigenvalue weighted by molar-refractivity contribution is 5.89. The molecule has 0 saturated carbocycles. The van der Waals surface area contributed by atoms with E-state index in [1.165, 1.54) is 19.2 Å². The van der Waals surface area contributed by atoms with Crippen molar-refractivity contribution >= 4 is 17.5 Å². The Balaban J connectivity index is 2.83. The summed E-state index contributed by atoms with van der Waals surface area (Å²) >= 11 is 0. The van der Waals surface area contributed by atoms with Crippen LogP contribution >= 0.6 is 0 Å². The van der Waals surface area contributed by atoms with Crippen molar-refractivity contribution in [1.82, 2.24) is 0 Å². The van der Waals surface area contributed by atoms with Crippen molar-refractivity contribution in [2.75, 3.05) is 19.0 Å². The number of nitrogens with zero attached hydrogens (tertiary/aromatic N) is 1. The highest BCUT2D eigenvalue weighted by atomic mass is 16.6. The van der Waals surface area contributed by atoms with Gasteiger partial charge in [-0.25, -0.2) is 4.79 Å². The van der Waals surface area contributed by atoms with E-state index >= 15 is 0 Å². The lowest BCUT2D eigenvalue weighted by atomic mass is 10.2. The molecular formula is C12H16N2O5. The summed E-state index contributed by atoms with van der Waals surface area (Å²) in [6.07, 6.45) is 0.921. The molecule has 0 atom stereocenters. The Morgan fingerprint density at radius 3 is 2.79 bits per heavy atom. The summed E-state index contributed by atoms with van der Waals surface area (Å²) in [5.74, 6) is 0.0800. The van der Waals surface area contributed by atoms with Gasteiger partial charge >= 0.3 is 11.8 Å². The molecule has 1 aromatic carbocycles. The molecule has 104 valence electrons. The number of carbonyl (C=O) groups excluding carboxylic acids is 1. The van der Waals surface area contributed by atoms with Gasteiger partial charge in [0.2, 0.25) is 0 Å². The molecule has 19 heavy (non-hydrogen) atoms. The van der Waals surface area contributed by atoms with Gasteiger partial charge in [-0.2, -0.15) is 0 Å². The van der Waals surface area contributed by atoms with Gasteiger partial charge < -0.3 is 9.47 Å². The van der Waals surface area contributed by atoms with Crippen LogP contribution < -0.4 is 10.1 Å². The molecule has 0 aromatic heterocycles. The minimum Gasteiger partial charge on any atom is -0.490 e. The van der Waals surface area contributed by atoms with Crippen LogP contribution in [0.5, 0.6) is 5.75 Å². The van der Waals surface area contributed by atoms with Crippen molar-refractivity contribution in [3.05, 3.63) is 28.3 Å². The molecule has 7 heteroatoms. The van der Waals surface area contributed by atoms with Gasteiger partial charge in [0, 0.05) is 0 Å². The van der Waals surface area contributed by atoms with Gasteiger partial charge in [0.1, 0.15) is 5.69 Å². The highest BCUT2D eigenvalue weighted by Gasteiger charge is 2.22. The molecule has 0 aliphatic carbocycles. The van der Waals surface area contributed by atoms with Crippen LogP contribution in [-0.2, 0) is 4.74 Å². The first-order valence-corrected chi connectivity index (χ1v) is 5.85. The molecule has 1 amide bonds. The molecule has 0 aliphatic heterocycles. The largest absolute Gasteiger partial charge is 0.490 e. The predicted octanol–water partition coefficient (Wildman–Crippen LogP) is 2.95. The molecule has 0 fully saturated rings. The van der Waals surface area contributed by atoms with E-state index < -0.39 is 11.0 Å². The van der Waals surface area contributed by atoms with Gasteiger partial charge in [-0.1, -0.05) is 19.4 Å². The smallest absolute Gasteiger partial charge is 0.411 e. The van der Waals surface area contributed by atoms with Crippen molar-refractivity contribution in [2.24, 2.45) is 0 Å². The van der Waals surface area contributed by atoms with Gasteiger partial charge in [0.05, 0.1) is 18.6 Å². The van der Waals surface area contributed by atoms with E-state index in [1.54, 1.807) is 6.07 Å². The number of amides is 1. The molecule has 0 unspecified atom stereocenters. The lowest BCUT2D eigenvalue weighted by Gasteiger charge is -2.08.